The Bertz CT molecular complexity index is 292. The van der Waals surface area contributed by atoms with Crippen LogP contribution in [0.5, 0.6) is 0 Å². The van der Waals surface area contributed by atoms with Gasteiger partial charge >= 0.3 is 5.97 Å². The fourth-order valence-corrected chi connectivity index (χ4v) is 1.57. The summed E-state index contributed by atoms with van der Waals surface area (Å²) in [5, 5.41) is 0.546. The van der Waals surface area contributed by atoms with E-state index in [2.05, 4.69) is 0 Å². The van der Waals surface area contributed by atoms with Crippen molar-refractivity contribution in [1.82, 2.24) is 5.06 Å². The zero-order valence-corrected chi connectivity index (χ0v) is 8.10. The van der Waals surface area contributed by atoms with Gasteiger partial charge in [0, 0.05) is 19.4 Å². The summed E-state index contributed by atoms with van der Waals surface area (Å²) >= 11 is 0. The number of imide groups is 1. The van der Waals surface area contributed by atoms with Crippen molar-refractivity contribution in [2.24, 2.45) is 0 Å². The second-order valence-electron chi connectivity index (χ2n) is 3.49. The second-order valence-corrected chi connectivity index (χ2v) is 3.49. The van der Waals surface area contributed by atoms with Crippen molar-refractivity contribution < 1.29 is 24.0 Å². The molecule has 0 aromatic carbocycles. The van der Waals surface area contributed by atoms with E-state index in [0.717, 1.165) is 6.42 Å². The summed E-state index contributed by atoms with van der Waals surface area (Å²) in [4.78, 5) is 38.3. The van der Waals surface area contributed by atoms with Crippen LogP contribution in [0, 0.1) is 0 Å². The lowest BCUT2D eigenvalue weighted by Crippen LogP contribution is -2.36. The summed E-state index contributed by atoms with van der Waals surface area (Å²) in [5.74, 6) is -1.59. The average Bonchev–Trinajstić information content (AvgIpc) is 2.82. The maximum absolute atomic E-state index is 11.4. The highest BCUT2D eigenvalue weighted by Crippen LogP contribution is 2.17. The predicted octanol–water partition coefficient (Wildman–Crippen LogP) is -0.227. The third-order valence-electron chi connectivity index (χ3n) is 2.38. The van der Waals surface area contributed by atoms with E-state index in [0.29, 0.717) is 18.1 Å². The number of carbonyl (C=O) groups is 3. The monoisotopic (exact) mass is 213 g/mol. The van der Waals surface area contributed by atoms with Crippen LogP contribution in [-0.2, 0) is 24.0 Å². The molecule has 82 valence electrons. The molecule has 0 aromatic rings. The Hall–Kier alpha value is -1.43. The lowest BCUT2D eigenvalue weighted by Gasteiger charge is -2.15. The Labute approximate surface area is 86.1 Å². The summed E-state index contributed by atoms with van der Waals surface area (Å²) in [6.45, 7) is 0.516. The van der Waals surface area contributed by atoms with E-state index in [1.54, 1.807) is 0 Å². The molecule has 1 atom stereocenters. The molecule has 6 nitrogen and oxygen atoms in total. The van der Waals surface area contributed by atoms with Gasteiger partial charge in [0.2, 0.25) is 0 Å². The van der Waals surface area contributed by atoms with Gasteiger partial charge in [-0.25, -0.2) is 4.79 Å². The Balaban J connectivity index is 1.93. The number of carbonyl (C=O) groups excluding carboxylic acids is 3. The van der Waals surface area contributed by atoms with Crippen molar-refractivity contribution in [1.29, 1.82) is 0 Å². The topological polar surface area (TPSA) is 72.9 Å². The molecule has 15 heavy (non-hydrogen) atoms. The Kier molecular flexibility index (Phi) is 2.68. The number of hydroxylamine groups is 2. The van der Waals surface area contributed by atoms with Crippen molar-refractivity contribution in [2.75, 3.05) is 6.61 Å². The van der Waals surface area contributed by atoms with Gasteiger partial charge in [-0.3, -0.25) is 9.59 Å². The van der Waals surface area contributed by atoms with Crippen LogP contribution in [-0.4, -0.2) is 35.6 Å². The Morgan fingerprint density at radius 2 is 2.00 bits per heavy atom. The minimum absolute atomic E-state index is 0.109. The molecule has 2 rings (SSSR count). The van der Waals surface area contributed by atoms with Crippen LogP contribution in [0.3, 0.4) is 0 Å². The van der Waals surface area contributed by atoms with E-state index >= 15 is 0 Å². The highest BCUT2D eigenvalue weighted by atomic mass is 16.7. The first kappa shape index (κ1) is 10.1. The van der Waals surface area contributed by atoms with Gasteiger partial charge in [-0.15, -0.1) is 5.06 Å². The first-order valence-electron chi connectivity index (χ1n) is 4.87. The standard InChI is InChI=1S/C9H11NO5/c11-7-3-4-8(12)10(7)15-9(13)6-2-1-5-14-6/h6H,1-5H2. The zero-order valence-electron chi connectivity index (χ0n) is 8.10. The molecule has 1 unspecified atom stereocenters. The molecule has 2 heterocycles. The molecule has 2 saturated heterocycles. The van der Waals surface area contributed by atoms with Crippen LogP contribution in [0.4, 0.5) is 0 Å². The maximum Gasteiger partial charge on any atom is 0.361 e. The number of amides is 2. The lowest BCUT2D eigenvalue weighted by molar-refractivity contribution is -0.203. The van der Waals surface area contributed by atoms with E-state index in [-0.39, 0.29) is 12.8 Å². The smallest absolute Gasteiger partial charge is 0.361 e. The van der Waals surface area contributed by atoms with Gasteiger partial charge in [0.25, 0.3) is 11.8 Å². The van der Waals surface area contributed by atoms with Crippen molar-refractivity contribution in [3.8, 4) is 0 Å². The van der Waals surface area contributed by atoms with Gasteiger partial charge in [0.15, 0.2) is 6.10 Å². The maximum atomic E-state index is 11.4. The largest absolute Gasteiger partial charge is 0.366 e. The molecular formula is C9H11NO5. The number of ether oxygens (including phenoxy) is 1. The molecule has 2 fully saturated rings. The van der Waals surface area contributed by atoms with E-state index in [1.807, 2.05) is 0 Å². The van der Waals surface area contributed by atoms with Crippen LogP contribution < -0.4 is 0 Å². The molecular weight excluding hydrogens is 202 g/mol. The summed E-state index contributed by atoms with van der Waals surface area (Å²) in [5.41, 5.74) is 0. The first-order valence-corrected chi connectivity index (χ1v) is 4.87. The highest BCUT2D eigenvalue weighted by molar-refractivity contribution is 6.01. The fourth-order valence-electron chi connectivity index (χ4n) is 1.57. The summed E-state index contributed by atoms with van der Waals surface area (Å²) in [7, 11) is 0. The van der Waals surface area contributed by atoms with Gasteiger partial charge in [-0.2, -0.15) is 0 Å². The van der Waals surface area contributed by atoms with Crippen molar-refractivity contribution >= 4 is 17.8 Å². The molecule has 0 spiro atoms. The molecule has 2 amide bonds. The number of rotatable bonds is 2. The highest BCUT2D eigenvalue weighted by Gasteiger charge is 2.35. The van der Waals surface area contributed by atoms with Crippen molar-refractivity contribution in [3.63, 3.8) is 0 Å². The van der Waals surface area contributed by atoms with E-state index in [4.69, 9.17) is 9.57 Å². The van der Waals surface area contributed by atoms with Crippen LogP contribution in [0.1, 0.15) is 25.7 Å². The molecule has 0 bridgehead atoms. The molecule has 6 heteroatoms. The second kappa shape index (κ2) is 3.98. The van der Waals surface area contributed by atoms with E-state index < -0.39 is 23.9 Å². The predicted molar refractivity (Wildman–Crippen MR) is 46.2 cm³/mol. The summed E-state index contributed by atoms with van der Waals surface area (Å²) in [6, 6.07) is 0. The summed E-state index contributed by atoms with van der Waals surface area (Å²) in [6.07, 6.45) is 0.956. The van der Waals surface area contributed by atoms with Crippen LogP contribution in [0.2, 0.25) is 0 Å². The molecule has 0 radical (unpaired) electrons. The molecule has 0 N–H and O–H groups in total. The normalized spacial score (nSPS) is 26.1. The van der Waals surface area contributed by atoms with Crippen molar-refractivity contribution in [3.05, 3.63) is 0 Å². The quantitative estimate of drug-likeness (QED) is 0.592. The number of nitrogens with zero attached hydrogens (tertiary/aromatic N) is 1. The Morgan fingerprint density at radius 1 is 1.33 bits per heavy atom. The molecule has 0 aromatic heterocycles. The van der Waals surface area contributed by atoms with Gasteiger partial charge in [0.1, 0.15) is 0 Å². The number of hydrogen-bond acceptors (Lipinski definition) is 5. The Morgan fingerprint density at radius 3 is 2.53 bits per heavy atom. The zero-order chi connectivity index (χ0) is 10.8. The van der Waals surface area contributed by atoms with Gasteiger partial charge < -0.3 is 9.57 Å². The van der Waals surface area contributed by atoms with Gasteiger partial charge in [0.05, 0.1) is 0 Å². The molecule has 0 aliphatic carbocycles. The molecule has 2 aliphatic rings. The number of hydrogen-bond donors (Lipinski definition) is 0. The third-order valence-corrected chi connectivity index (χ3v) is 2.38. The van der Waals surface area contributed by atoms with Crippen LogP contribution >= 0.6 is 0 Å². The minimum atomic E-state index is -0.656. The van der Waals surface area contributed by atoms with Crippen molar-refractivity contribution in [2.45, 2.75) is 31.8 Å². The first-order chi connectivity index (χ1) is 7.18. The summed E-state index contributed by atoms with van der Waals surface area (Å²) < 4.78 is 5.07. The van der Waals surface area contributed by atoms with Crippen LogP contribution in [0.25, 0.3) is 0 Å². The lowest BCUT2D eigenvalue weighted by atomic mass is 10.2. The average molecular weight is 213 g/mol. The van der Waals surface area contributed by atoms with Crippen LogP contribution in [0.15, 0.2) is 0 Å². The van der Waals surface area contributed by atoms with E-state index in [9.17, 15) is 14.4 Å². The SMILES string of the molecule is O=C(ON1C(=O)CCC1=O)C1CCCO1. The molecule has 0 saturated carbocycles. The van der Waals surface area contributed by atoms with Gasteiger partial charge in [-0.1, -0.05) is 0 Å². The van der Waals surface area contributed by atoms with E-state index in [1.165, 1.54) is 0 Å². The molecule has 2 aliphatic heterocycles. The fraction of sp³-hybridized carbons (Fsp3) is 0.667. The van der Waals surface area contributed by atoms with Gasteiger partial charge in [-0.05, 0) is 12.8 Å². The minimum Gasteiger partial charge on any atom is -0.366 e. The third kappa shape index (κ3) is 1.99.